The molecule has 0 unspecified atom stereocenters. The number of aromatic nitrogens is 2. The molecule has 0 bridgehead atoms. The fourth-order valence-electron chi connectivity index (χ4n) is 2.14. The van der Waals surface area contributed by atoms with E-state index in [9.17, 15) is 22.4 Å². The standard InChI is InChI=1S/C13H8F4N2O2/c14-7-5-18-10(13(15,16)17)4-6(7)12-19-11-8(20)2-1-3-9(11)21-12/h4-5H,1-3H2. The van der Waals surface area contributed by atoms with Crippen LogP contribution in [0.25, 0.3) is 11.5 Å². The van der Waals surface area contributed by atoms with E-state index in [0.29, 0.717) is 31.5 Å². The van der Waals surface area contributed by atoms with Gasteiger partial charge in [-0.15, -0.1) is 0 Å². The molecule has 8 heteroatoms. The smallest absolute Gasteiger partial charge is 0.433 e. The number of oxazole rings is 1. The Kier molecular flexibility index (Phi) is 3.03. The van der Waals surface area contributed by atoms with Gasteiger partial charge in [-0.3, -0.25) is 4.79 Å². The molecular formula is C13H8F4N2O2. The van der Waals surface area contributed by atoms with Gasteiger partial charge in [-0.2, -0.15) is 13.2 Å². The van der Waals surface area contributed by atoms with Gasteiger partial charge in [-0.25, -0.2) is 14.4 Å². The number of fused-ring (bicyclic) bond motifs is 1. The van der Waals surface area contributed by atoms with Crippen LogP contribution in [0.5, 0.6) is 0 Å². The third kappa shape index (κ3) is 2.41. The molecule has 0 amide bonds. The normalized spacial score (nSPS) is 15.1. The van der Waals surface area contributed by atoms with E-state index in [1.165, 1.54) is 0 Å². The molecule has 2 aromatic heterocycles. The number of carbonyl (C=O) groups is 1. The summed E-state index contributed by atoms with van der Waals surface area (Å²) in [5.41, 5.74) is -1.64. The first kappa shape index (κ1) is 13.7. The fourth-order valence-corrected chi connectivity index (χ4v) is 2.14. The van der Waals surface area contributed by atoms with Crippen LogP contribution in [-0.2, 0) is 12.6 Å². The van der Waals surface area contributed by atoms with Crippen molar-refractivity contribution in [3.63, 3.8) is 0 Å². The van der Waals surface area contributed by atoms with Gasteiger partial charge in [0.25, 0.3) is 0 Å². The van der Waals surface area contributed by atoms with Crippen molar-refractivity contribution in [2.24, 2.45) is 0 Å². The molecule has 1 aliphatic rings. The first-order valence-electron chi connectivity index (χ1n) is 6.12. The van der Waals surface area contributed by atoms with Crippen molar-refractivity contribution in [3.8, 4) is 11.5 Å². The topological polar surface area (TPSA) is 56.0 Å². The lowest BCUT2D eigenvalue weighted by atomic mass is 10.0. The Morgan fingerprint density at radius 2 is 2.00 bits per heavy atom. The number of Topliss-reactive ketones (excluding diaryl/α,β-unsaturated/α-hetero) is 1. The minimum absolute atomic E-state index is 0.0704. The van der Waals surface area contributed by atoms with Crippen molar-refractivity contribution in [2.75, 3.05) is 0 Å². The monoisotopic (exact) mass is 300 g/mol. The Morgan fingerprint density at radius 3 is 2.67 bits per heavy atom. The van der Waals surface area contributed by atoms with Gasteiger partial charge in [0.05, 0.1) is 11.8 Å². The summed E-state index contributed by atoms with van der Waals surface area (Å²) in [7, 11) is 0. The summed E-state index contributed by atoms with van der Waals surface area (Å²) in [6.45, 7) is 0. The maximum atomic E-state index is 13.7. The predicted octanol–water partition coefficient (Wildman–Crippen LogP) is 3.41. The number of ketones is 1. The fraction of sp³-hybridized carbons (Fsp3) is 0.308. The molecule has 0 saturated carbocycles. The lowest BCUT2D eigenvalue weighted by Crippen LogP contribution is -2.09. The van der Waals surface area contributed by atoms with E-state index in [1.807, 2.05) is 0 Å². The molecule has 21 heavy (non-hydrogen) atoms. The summed E-state index contributed by atoms with van der Waals surface area (Å²) in [4.78, 5) is 18.5. The third-order valence-electron chi connectivity index (χ3n) is 3.15. The van der Waals surface area contributed by atoms with Gasteiger partial charge in [0.1, 0.15) is 17.1 Å². The van der Waals surface area contributed by atoms with Crippen LogP contribution in [0.4, 0.5) is 17.6 Å². The summed E-state index contributed by atoms with van der Waals surface area (Å²) in [6, 6.07) is 0.525. The van der Waals surface area contributed by atoms with E-state index in [2.05, 4.69) is 9.97 Å². The maximum absolute atomic E-state index is 13.7. The van der Waals surface area contributed by atoms with E-state index < -0.39 is 23.3 Å². The predicted molar refractivity (Wildman–Crippen MR) is 62.0 cm³/mol. The van der Waals surface area contributed by atoms with Crippen LogP contribution in [0, 0.1) is 5.82 Å². The number of nitrogens with zero attached hydrogens (tertiary/aromatic N) is 2. The maximum Gasteiger partial charge on any atom is 0.433 e. The Labute approximate surface area is 115 Å². The van der Waals surface area contributed by atoms with Crippen LogP contribution >= 0.6 is 0 Å². The molecule has 0 N–H and O–H groups in total. The summed E-state index contributed by atoms with van der Waals surface area (Å²) in [6.07, 6.45) is -2.92. The number of halogens is 4. The number of hydrogen-bond donors (Lipinski definition) is 0. The summed E-state index contributed by atoms with van der Waals surface area (Å²) < 4.78 is 56.8. The van der Waals surface area contributed by atoms with Crippen molar-refractivity contribution in [1.29, 1.82) is 0 Å². The number of alkyl halides is 3. The van der Waals surface area contributed by atoms with Crippen molar-refractivity contribution < 1.29 is 26.8 Å². The van der Waals surface area contributed by atoms with Crippen LogP contribution in [0.1, 0.15) is 34.8 Å². The number of hydrogen-bond acceptors (Lipinski definition) is 4. The number of carbonyl (C=O) groups excluding carboxylic acids is 1. The molecule has 0 aromatic carbocycles. The zero-order chi connectivity index (χ0) is 15.2. The third-order valence-corrected chi connectivity index (χ3v) is 3.15. The van der Waals surface area contributed by atoms with Crippen molar-refractivity contribution in [3.05, 3.63) is 35.2 Å². The lowest BCUT2D eigenvalue weighted by molar-refractivity contribution is -0.141. The van der Waals surface area contributed by atoms with Gasteiger partial charge in [-0.05, 0) is 12.5 Å². The van der Waals surface area contributed by atoms with Crippen LogP contribution in [0.3, 0.4) is 0 Å². The molecule has 0 radical (unpaired) electrons. The summed E-state index contributed by atoms with van der Waals surface area (Å²) >= 11 is 0. The van der Waals surface area contributed by atoms with Crippen molar-refractivity contribution >= 4 is 5.78 Å². The van der Waals surface area contributed by atoms with Gasteiger partial charge in [0.15, 0.2) is 11.6 Å². The van der Waals surface area contributed by atoms with Crippen molar-refractivity contribution in [1.82, 2.24) is 9.97 Å². The molecule has 0 spiro atoms. The molecule has 1 aliphatic carbocycles. The second-order valence-corrected chi connectivity index (χ2v) is 4.61. The van der Waals surface area contributed by atoms with E-state index in [0.717, 1.165) is 0 Å². The Morgan fingerprint density at radius 1 is 1.24 bits per heavy atom. The second-order valence-electron chi connectivity index (χ2n) is 4.61. The van der Waals surface area contributed by atoms with E-state index in [4.69, 9.17) is 4.42 Å². The van der Waals surface area contributed by atoms with Gasteiger partial charge in [-0.1, -0.05) is 0 Å². The molecule has 4 nitrogen and oxygen atoms in total. The summed E-state index contributed by atoms with van der Waals surface area (Å²) in [5, 5.41) is 0. The Bertz CT molecular complexity index is 721. The number of pyridine rings is 1. The highest BCUT2D eigenvalue weighted by molar-refractivity contribution is 5.96. The first-order chi connectivity index (χ1) is 9.86. The van der Waals surface area contributed by atoms with Gasteiger partial charge < -0.3 is 4.42 Å². The Balaban J connectivity index is 2.10. The molecule has 0 saturated heterocycles. The molecule has 2 heterocycles. The highest BCUT2D eigenvalue weighted by Crippen LogP contribution is 2.33. The van der Waals surface area contributed by atoms with E-state index in [-0.39, 0.29) is 23.1 Å². The zero-order valence-corrected chi connectivity index (χ0v) is 10.5. The quantitative estimate of drug-likeness (QED) is 0.757. The SMILES string of the molecule is O=C1CCCc2oc(-c3cc(C(F)(F)F)ncc3F)nc21. The molecule has 2 aromatic rings. The minimum Gasteiger partial charge on any atom is -0.440 e. The van der Waals surface area contributed by atoms with Gasteiger partial charge >= 0.3 is 6.18 Å². The molecule has 3 rings (SSSR count). The molecule has 0 fully saturated rings. The van der Waals surface area contributed by atoms with Gasteiger partial charge in [0.2, 0.25) is 5.89 Å². The van der Waals surface area contributed by atoms with Crippen LogP contribution in [-0.4, -0.2) is 15.8 Å². The zero-order valence-electron chi connectivity index (χ0n) is 10.5. The molecular weight excluding hydrogens is 292 g/mol. The molecule has 0 aliphatic heterocycles. The first-order valence-corrected chi connectivity index (χ1v) is 6.12. The number of rotatable bonds is 1. The number of aryl methyl sites for hydroxylation is 1. The lowest BCUT2D eigenvalue weighted by Gasteiger charge is -2.06. The molecule has 110 valence electrons. The van der Waals surface area contributed by atoms with Crippen LogP contribution in [0.2, 0.25) is 0 Å². The van der Waals surface area contributed by atoms with E-state index in [1.54, 1.807) is 0 Å². The van der Waals surface area contributed by atoms with Gasteiger partial charge in [0, 0.05) is 12.8 Å². The van der Waals surface area contributed by atoms with Crippen LogP contribution < -0.4 is 0 Å². The minimum atomic E-state index is -4.70. The van der Waals surface area contributed by atoms with E-state index >= 15 is 0 Å². The highest BCUT2D eigenvalue weighted by Gasteiger charge is 2.34. The molecule has 0 atom stereocenters. The average Bonchev–Trinajstić information content (AvgIpc) is 2.83. The highest BCUT2D eigenvalue weighted by atomic mass is 19.4. The summed E-state index contributed by atoms with van der Waals surface area (Å²) in [5.74, 6) is -1.29. The average molecular weight is 300 g/mol. The second kappa shape index (κ2) is 4.64. The Hall–Kier alpha value is -2.25. The largest absolute Gasteiger partial charge is 0.440 e. The van der Waals surface area contributed by atoms with Crippen molar-refractivity contribution in [2.45, 2.75) is 25.4 Å². The van der Waals surface area contributed by atoms with Crippen LogP contribution in [0.15, 0.2) is 16.7 Å².